The Morgan fingerprint density at radius 2 is 1.61 bits per heavy atom. The molecule has 7 nitrogen and oxygen atoms in total. The van der Waals surface area contributed by atoms with Gasteiger partial charge in [-0.3, -0.25) is 14.2 Å². The summed E-state index contributed by atoms with van der Waals surface area (Å²) in [6.07, 6.45) is 0. The van der Waals surface area contributed by atoms with Crippen molar-refractivity contribution in [2.75, 3.05) is 31.6 Å². The molecule has 1 aliphatic rings. The number of para-hydroxylation sites is 1. The lowest BCUT2D eigenvalue weighted by atomic mass is 10.1. The Bertz CT molecular complexity index is 1310. The number of fused-ring (bicyclic) bond motifs is 1. The van der Waals surface area contributed by atoms with Crippen LogP contribution in [0.2, 0.25) is 0 Å². The monoisotopic (exact) mass is 440 g/mol. The van der Waals surface area contributed by atoms with Gasteiger partial charge < -0.3 is 15.0 Å². The second-order valence-electron chi connectivity index (χ2n) is 7.97. The average Bonchev–Trinajstić information content (AvgIpc) is 3.20. The number of nitrogens with one attached hydrogen (secondary N) is 1. The zero-order chi connectivity index (χ0) is 22.8. The number of nitrogens with zero attached hydrogens (tertiary/aromatic N) is 3. The first-order chi connectivity index (χ1) is 16.1. The summed E-state index contributed by atoms with van der Waals surface area (Å²) in [5.74, 6) is 0.608. The van der Waals surface area contributed by atoms with Crippen LogP contribution in [0.3, 0.4) is 0 Å². The van der Waals surface area contributed by atoms with Gasteiger partial charge in [0, 0.05) is 35.6 Å². The van der Waals surface area contributed by atoms with Gasteiger partial charge in [0.1, 0.15) is 5.82 Å². The molecule has 3 aromatic carbocycles. The number of amides is 2. The molecule has 1 N–H and O–H groups in total. The van der Waals surface area contributed by atoms with Gasteiger partial charge in [-0.2, -0.15) is 0 Å². The Hall–Kier alpha value is -3.97. The van der Waals surface area contributed by atoms with E-state index in [0.29, 0.717) is 43.1 Å². The first kappa shape index (κ1) is 20.9. The number of rotatable bonds is 4. The maximum absolute atomic E-state index is 12.9. The topological polar surface area (TPSA) is 76.5 Å². The van der Waals surface area contributed by atoms with Crippen LogP contribution in [0.15, 0.2) is 72.8 Å². The van der Waals surface area contributed by atoms with Gasteiger partial charge >= 0.3 is 0 Å². The number of anilines is 1. The molecule has 1 aliphatic heterocycles. The highest BCUT2D eigenvalue weighted by Gasteiger charge is 2.18. The molecule has 2 amide bonds. The van der Waals surface area contributed by atoms with Gasteiger partial charge in [-0.05, 0) is 61.5 Å². The predicted molar refractivity (Wildman–Crippen MR) is 127 cm³/mol. The van der Waals surface area contributed by atoms with Crippen LogP contribution < -0.4 is 5.32 Å². The molecule has 0 saturated carbocycles. The number of aryl methyl sites for hydroxylation is 1. The minimum atomic E-state index is -0.226. The summed E-state index contributed by atoms with van der Waals surface area (Å²) in [5.41, 5.74) is 4.48. The van der Waals surface area contributed by atoms with Gasteiger partial charge in [0.05, 0.1) is 24.2 Å². The van der Waals surface area contributed by atoms with Gasteiger partial charge in [-0.15, -0.1) is 0 Å². The molecule has 166 valence electrons. The molecule has 0 unspecified atom stereocenters. The number of carbonyl (C=O) groups is 2. The molecule has 0 atom stereocenters. The second-order valence-corrected chi connectivity index (χ2v) is 7.97. The van der Waals surface area contributed by atoms with E-state index in [-0.39, 0.29) is 11.8 Å². The summed E-state index contributed by atoms with van der Waals surface area (Å²) >= 11 is 0. The fourth-order valence-corrected chi connectivity index (χ4v) is 4.09. The number of benzene rings is 3. The summed E-state index contributed by atoms with van der Waals surface area (Å²) in [6, 6.07) is 22.5. The van der Waals surface area contributed by atoms with Crippen LogP contribution in [0.1, 0.15) is 26.5 Å². The minimum absolute atomic E-state index is 0.0222. The third kappa shape index (κ3) is 4.23. The SMILES string of the molecule is Cc1nc2cc(C(=O)Nc3ccc(C(=O)N4CCOCC4)cc3)ccc2n1-c1ccccc1. The summed E-state index contributed by atoms with van der Waals surface area (Å²) in [4.78, 5) is 31.9. The summed E-state index contributed by atoms with van der Waals surface area (Å²) in [7, 11) is 0. The molecule has 1 aromatic heterocycles. The lowest BCUT2D eigenvalue weighted by Gasteiger charge is -2.26. The first-order valence-corrected chi connectivity index (χ1v) is 10.9. The summed E-state index contributed by atoms with van der Waals surface area (Å²) in [6.45, 7) is 4.27. The van der Waals surface area contributed by atoms with Crippen molar-refractivity contribution in [1.29, 1.82) is 0 Å². The van der Waals surface area contributed by atoms with Crippen molar-refractivity contribution in [2.45, 2.75) is 6.92 Å². The molecule has 2 heterocycles. The normalized spacial score (nSPS) is 13.8. The van der Waals surface area contributed by atoms with Crippen LogP contribution >= 0.6 is 0 Å². The standard InChI is InChI=1S/C26H24N4O3/c1-18-27-23-17-20(9-12-24(23)30(18)22-5-3-2-4-6-22)25(31)28-21-10-7-19(8-11-21)26(32)29-13-15-33-16-14-29/h2-12,17H,13-16H2,1H3,(H,28,31). The number of aromatic nitrogens is 2. The molecule has 1 saturated heterocycles. The zero-order valence-electron chi connectivity index (χ0n) is 18.3. The molecule has 1 fully saturated rings. The van der Waals surface area contributed by atoms with Crippen LogP contribution in [0, 0.1) is 6.92 Å². The summed E-state index contributed by atoms with van der Waals surface area (Å²) in [5, 5.41) is 2.90. The van der Waals surface area contributed by atoms with Crippen molar-refractivity contribution >= 4 is 28.5 Å². The number of hydrogen-bond acceptors (Lipinski definition) is 4. The Kier molecular flexibility index (Phi) is 5.62. The molecule has 0 bridgehead atoms. The molecule has 33 heavy (non-hydrogen) atoms. The van der Waals surface area contributed by atoms with E-state index in [2.05, 4.69) is 14.9 Å². The van der Waals surface area contributed by atoms with Gasteiger partial charge in [-0.25, -0.2) is 4.98 Å². The van der Waals surface area contributed by atoms with Crippen LogP contribution in [-0.2, 0) is 4.74 Å². The van der Waals surface area contributed by atoms with E-state index in [1.807, 2.05) is 43.3 Å². The number of hydrogen-bond donors (Lipinski definition) is 1. The van der Waals surface area contributed by atoms with Gasteiger partial charge in [-0.1, -0.05) is 18.2 Å². The maximum Gasteiger partial charge on any atom is 0.255 e. The fourth-order valence-electron chi connectivity index (χ4n) is 4.09. The zero-order valence-corrected chi connectivity index (χ0v) is 18.3. The number of morpholine rings is 1. The van der Waals surface area contributed by atoms with Crippen LogP contribution in [0.4, 0.5) is 5.69 Å². The van der Waals surface area contributed by atoms with E-state index in [1.165, 1.54) is 0 Å². The predicted octanol–water partition coefficient (Wildman–Crippen LogP) is 4.06. The Balaban J connectivity index is 1.32. The van der Waals surface area contributed by atoms with E-state index >= 15 is 0 Å². The van der Waals surface area contributed by atoms with Crippen molar-refractivity contribution in [3.8, 4) is 5.69 Å². The average molecular weight is 441 g/mol. The van der Waals surface area contributed by atoms with Crippen molar-refractivity contribution in [1.82, 2.24) is 14.5 Å². The van der Waals surface area contributed by atoms with Crippen molar-refractivity contribution < 1.29 is 14.3 Å². The smallest absolute Gasteiger partial charge is 0.255 e. The lowest BCUT2D eigenvalue weighted by molar-refractivity contribution is 0.0303. The third-order valence-electron chi connectivity index (χ3n) is 5.79. The third-order valence-corrected chi connectivity index (χ3v) is 5.79. The van der Waals surface area contributed by atoms with Gasteiger partial charge in [0.15, 0.2) is 0 Å². The highest BCUT2D eigenvalue weighted by Crippen LogP contribution is 2.23. The van der Waals surface area contributed by atoms with E-state index in [0.717, 1.165) is 22.5 Å². The minimum Gasteiger partial charge on any atom is -0.378 e. The molecule has 4 aromatic rings. The molecule has 0 aliphatic carbocycles. The lowest BCUT2D eigenvalue weighted by Crippen LogP contribution is -2.40. The van der Waals surface area contributed by atoms with Crippen LogP contribution in [0.5, 0.6) is 0 Å². The molecule has 0 spiro atoms. The van der Waals surface area contributed by atoms with Crippen molar-refractivity contribution in [2.24, 2.45) is 0 Å². The number of carbonyl (C=O) groups excluding carboxylic acids is 2. The van der Waals surface area contributed by atoms with Crippen LogP contribution in [0.25, 0.3) is 16.7 Å². The van der Waals surface area contributed by atoms with E-state index in [1.54, 1.807) is 41.3 Å². The molecule has 0 radical (unpaired) electrons. The molecular weight excluding hydrogens is 416 g/mol. The van der Waals surface area contributed by atoms with E-state index in [9.17, 15) is 9.59 Å². The number of imidazole rings is 1. The van der Waals surface area contributed by atoms with E-state index in [4.69, 9.17) is 4.74 Å². The van der Waals surface area contributed by atoms with Crippen molar-refractivity contribution in [3.05, 3.63) is 89.7 Å². The Morgan fingerprint density at radius 1 is 0.909 bits per heavy atom. The Labute approximate surface area is 191 Å². The Morgan fingerprint density at radius 3 is 2.33 bits per heavy atom. The number of ether oxygens (including phenoxy) is 1. The highest BCUT2D eigenvalue weighted by atomic mass is 16.5. The largest absolute Gasteiger partial charge is 0.378 e. The van der Waals surface area contributed by atoms with Crippen LogP contribution in [-0.4, -0.2) is 52.6 Å². The molecule has 5 rings (SSSR count). The van der Waals surface area contributed by atoms with Crippen molar-refractivity contribution in [3.63, 3.8) is 0 Å². The second kappa shape index (κ2) is 8.88. The molecule has 7 heteroatoms. The maximum atomic E-state index is 12.9. The van der Waals surface area contributed by atoms with Gasteiger partial charge in [0.2, 0.25) is 0 Å². The summed E-state index contributed by atoms with van der Waals surface area (Å²) < 4.78 is 7.37. The highest BCUT2D eigenvalue weighted by molar-refractivity contribution is 6.06. The van der Waals surface area contributed by atoms with Gasteiger partial charge in [0.25, 0.3) is 11.8 Å². The molecular formula is C26H24N4O3. The van der Waals surface area contributed by atoms with E-state index < -0.39 is 0 Å². The first-order valence-electron chi connectivity index (χ1n) is 10.9. The quantitative estimate of drug-likeness (QED) is 0.519. The fraction of sp³-hybridized carbons (Fsp3) is 0.192.